The summed E-state index contributed by atoms with van der Waals surface area (Å²) in [5, 5.41) is 2.97. The van der Waals surface area contributed by atoms with Gasteiger partial charge >= 0.3 is 5.97 Å². The third kappa shape index (κ3) is 4.86. The van der Waals surface area contributed by atoms with Gasteiger partial charge in [-0.1, -0.05) is 25.1 Å². The molecule has 0 fully saturated rings. The van der Waals surface area contributed by atoms with Gasteiger partial charge in [0.2, 0.25) is 0 Å². The molecule has 0 aromatic heterocycles. The Morgan fingerprint density at radius 3 is 2.80 bits per heavy atom. The van der Waals surface area contributed by atoms with Crippen molar-refractivity contribution in [1.82, 2.24) is 0 Å². The Morgan fingerprint density at radius 2 is 2.13 bits per heavy atom. The Bertz CT molecular complexity index is 320. The average molecular weight is 205 g/mol. The Kier molecular flexibility index (Phi) is 5.01. The summed E-state index contributed by atoms with van der Waals surface area (Å²) in [7, 11) is 0. The number of carbonyl (C=O) groups excluding carboxylic acids is 1. The van der Waals surface area contributed by atoms with Crippen molar-refractivity contribution in [1.29, 1.82) is 0 Å². The van der Waals surface area contributed by atoms with Crippen LogP contribution in [0, 0.1) is 0 Å². The zero-order valence-electron chi connectivity index (χ0n) is 8.77. The van der Waals surface area contributed by atoms with Gasteiger partial charge in [-0.15, -0.1) is 0 Å². The summed E-state index contributed by atoms with van der Waals surface area (Å²) in [5.74, 6) is -0.319. The molecule has 3 nitrogen and oxygen atoms in total. The summed E-state index contributed by atoms with van der Waals surface area (Å²) >= 11 is 0. The molecule has 15 heavy (non-hydrogen) atoms. The van der Waals surface area contributed by atoms with E-state index in [0.29, 0.717) is 6.61 Å². The molecule has 0 radical (unpaired) electrons. The first-order valence-corrected chi connectivity index (χ1v) is 4.98. The van der Waals surface area contributed by atoms with Crippen LogP contribution in [0.5, 0.6) is 0 Å². The highest BCUT2D eigenvalue weighted by Gasteiger charge is 1.93. The van der Waals surface area contributed by atoms with Crippen LogP contribution < -0.4 is 5.32 Å². The van der Waals surface area contributed by atoms with Crippen molar-refractivity contribution in [2.24, 2.45) is 0 Å². The maximum Gasteiger partial charge on any atom is 0.332 e. The fourth-order valence-electron chi connectivity index (χ4n) is 0.991. The molecule has 80 valence electrons. The number of rotatable bonds is 5. The fourth-order valence-corrected chi connectivity index (χ4v) is 0.991. The Hall–Kier alpha value is -1.77. The molecule has 3 heteroatoms. The lowest BCUT2D eigenvalue weighted by atomic mass is 10.3. The zero-order valence-corrected chi connectivity index (χ0v) is 8.77. The number of hydrogen-bond donors (Lipinski definition) is 1. The van der Waals surface area contributed by atoms with Gasteiger partial charge in [0.1, 0.15) is 0 Å². The molecule has 0 bridgehead atoms. The molecule has 1 aromatic rings. The van der Waals surface area contributed by atoms with Gasteiger partial charge in [-0.3, -0.25) is 0 Å². The minimum atomic E-state index is -0.319. The van der Waals surface area contributed by atoms with Crippen LogP contribution in [-0.2, 0) is 9.53 Å². The number of ether oxygens (including phenoxy) is 1. The number of nitrogens with one attached hydrogen (secondary N) is 1. The Labute approximate surface area is 89.8 Å². The molecule has 0 aliphatic carbocycles. The smallest absolute Gasteiger partial charge is 0.332 e. The molecule has 1 rings (SSSR count). The molecule has 0 unspecified atom stereocenters. The van der Waals surface area contributed by atoms with Gasteiger partial charge in [-0.05, 0) is 18.6 Å². The summed E-state index contributed by atoms with van der Waals surface area (Å²) in [6.07, 6.45) is 3.79. The molecule has 1 N–H and O–H groups in total. The molecular weight excluding hydrogens is 190 g/mol. The second-order valence-electron chi connectivity index (χ2n) is 3.01. The zero-order chi connectivity index (χ0) is 10.9. The van der Waals surface area contributed by atoms with E-state index < -0.39 is 0 Å². The average Bonchev–Trinajstić information content (AvgIpc) is 2.28. The second kappa shape index (κ2) is 6.65. The molecule has 0 atom stereocenters. The van der Waals surface area contributed by atoms with Gasteiger partial charge in [0.15, 0.2) is 0 Å². The Balaban J connectivity index is 2.30. The molecule has 0 spiro atoms. The SMILES string of the molecule is CCCOC(=O)C=CNc1ccccc1. The van der Waals surface area contributed by atoms with Gasteiger partial charge in [-0.25, -0.2) is 4.79 Å². The fraction of sp³-hybridized carbons (Fsp3) is 0.250. The maximum absolute atomic E-state index is 11.0. The van der Waals surface area contributed by atoms with E-state index in [-0.39, 0.29) is 5.97 Å². The van der Waals surface area contributed by atoms with E-state index in [9.17, 15) is 4.79 Å². The van der Waals surface area contributed by atoms with Crippen LogP contribution in [0.4, 0.5) is 5.69 Å². The lowest BCUT2D eigenvalue weighted by molar-refractivity contribution is -0.137. The van der Waals surface area contributed by atoms with Crippen molar-refractivity contribution in [3.63, 3.8) is 0 Å². The number of carbonyl (C=O) groups is 1. The molecule has 0 heterocycles. The van der Waals surface area contributed by atoms with Crippen molar-refractivity contribution in [2.75, 3.05) is 11.9 Å². The van der Waals surface area contributed by atoms with Crippen molar-refractivity contribution >= 4 is 11.7 Å². The third-order valence-electron chi connectivity index (χ3n) is 1.69. The van der Waals surface area contributed by atoms with Crippen LogP contribution in [0.25, 0.3) is 0 Å². The topological polar surface area (TPSA) is 38.3 Å². The van der Waals surface area contributed by atoms with E-state index in [4.69, 9.17) is 4.74 Å². The van der Waals surface area contributed by atoms with Crippen LogP contribution in [0.3, 0.4) is 0 Å². The van der Waals surface area contributed by atoms with Gasteiger partial charge in [0.25, 0.3) is 0 Å². The molecule has 0 saturated heterocycles. The van der Waals surface area contributed by atoms with Crippen molar-refractivity contribution in [3.8, 4) is 0 Å². The molecule has 0 saturated carbocycles. The Morgan fingerprint density at radius 1 is 1.40 bits per heavy atom. The normalized spacial score (nSPS) is 10.2. The minimum Gasteiger partial charge on any atom is -0.463 e. The molecular formula is C12H15NO2. The van der Waals surface area contributed by atoms with E-state index in [1.54, 1.807) is 6.20 Å². The summed E-state index contributed by atoms with van der Waals surface area (Å²) in [4.78, 5) is 11.0. The first-order valence-electron chi connectivity index (χ1n) is 4.98. The highest BCUT2D eigenvalue weighted by molar-refractivity contribution is 5.82. The molecule has 0 amide bonds. The standard InChI is InChI=1S/C12H15NO2/c1-2-10-15-12(14)8-9-13-11-6-4-3-5-7-11/h3-9,13H,2,10H2,1H3. The predicted molar refractivity (Wildman–Crippen MR) is 60.5 cm³/mol. The summed E-state index contributed by atoms with van der Waals surface area (Å²) in [6, 6.07) is 9.62. The summed E-state index contributed by atoms with van der Waals surface area (Å²) in [5.41, 5.74) is 0.942. The molecule has 0 aliphatic rings. The number of anilines is 1. The van der Waals surface area contributed by atoms with Gasteiger partial charge in [0.05, 0.1) is 6.61 Å². The highest BCUT2D eigenvalue weighted by Crippen LogP contribution is 2.04. The van der Waals surface area contributed by atoms with Crippen LogP contribution in [0.15, 0.2) is 42.6 Å². The van der Waals surface area contributed by atoms with Crippen molar-refractivity contribution in [3.05, 3.63) is 42.6 Å². The summed E-state index contributed by atoms with van der Waals surface area (Å²) < 4.78 is 4.86. The number of benzene rings is 1. The van der Waals surface area contributed by atoms with E-state index in [1.165, 1.54) is 6.08 Å². The maximum atomic E-state index is 11.0. The predicted octanol–water partition coefficient (Wildman–Crippen LogP) is 2.57. The lowest BCUT2D eigenvalue weighted by Crippen LogP contribution is -2.02. The largest absolute Gasteiger partial charge is 0.463 e. The minimum absolute atomic E-state index is 0.319. The van der Waals surface area contributed by atoms with Crippen LogP contribution in [0.1, 0.15) is 13.3 Å². The summed E-state index contributed by atoms with van der Waals surface area (Å²) in [6.45, 7) is 2.42. The van der Waals surface area contributed by atoms with E-state index in [2.05, 4.69) is 5.32 Å². The van der Waals surface area contributed by atoms with Crippen molar-refractivity contribution in [2.45, 2.75) is 13.3 Å². The number of hydrogen-bond acceptors (Lipinski definition) is 3. The van der Waals surface area contributed by atoms with Gasteiger partial charge in [0, 0.05) is 18.0 Å². The van der Waals surface area contributed by atoms with Crippen molar-refractivity contribution < 1.29 is 9.53 Å². The first-order chi connectivity index (χ1) is 7.33. The van der Waals surface area contributed by atoms with E-state index in [0.717, 1.165) is 12.1 Å². The number of esters is 1. The first kappa shape index (κ1) is 11.3. The third-order valence-corrected chi connectivity index (χ3v) is 1.69. The van der Waals surface area contributed by atoms with Gasteiger partial charge in [-0.2, -0.15) is 0 Å². The quantitative estimate of drug-likeness (QED) is 0.593. The van der Waals surface area contributed by atoms with E-state index >= 15 is 0 Å². The lowest BCUT2D eigenvalue weighted by Gasteiger charge is -1.99. The van der Waals surface area contributed by atoms with Crippen LogP contribution >= 0.6 is 0 Å². The monoisotopic (exact) mass is 205 g/mol. The molecule has 1 aromatic carbocycles. The number of para-hydroxylation sites is 1. The highest BCUT2D eigenvalue weighted by atomic mass is 16.5. The van der Waals surface area contributed by atoms with Gasteiger partial charge < -0.3 is 10.1 Å². The second-order valence-corrected chi connectivity index (χ2v) is 3.01. The van der Waals surface area contributed by atoms with E-state index in [1.807, 2.05) is 37.3 Å². The molecule has 0 aliphatic heterocycles. The van der Waals surface area contributed by atoms with Crippen LogP contribution in [-0.4, -0.2) is 12.6 Å². The van der Waals surface area contributed by atoms with Crippen LogP contribution in [0.2, 0.25) is 0 Å².